The van der Waals surface area contributed by atoms with Gasteiger partial charge in [-0.15, -0.1) is 0 Å². The Bertz CT molecular complexity index is 1310. The van der Waals surface area contributed by atoms with Crippen LogP contribution >= 0.6 is 7.75 Å². The summed E-state index contributed by atoms with van der Waals surface area (Å²) in [6.07, 6.45) is 2.33. The van der Waals surface area contributed by atoms with Gasteiger partial charge in [0, 0.05) is 5.92 Å². The molecule has 2 aromatic heterocycles. The molecule has 2 unspecified atom stereocenters. The monoisotopic (exact) mass is 529 g/mol. The van der Waals surface area contributed by atoms with Gasteiger partial charge in [-0.25, -0.2) is 19.5 Å². The van der Waals surface area contributed by atoms with E-state index in [1.165, 1.54) is 13.3 Å². The number of aromatic nitrogens is 4. The highest BCUT2D eigenvalue weighted by atomic mass is 31.2. The molecule has 1 aliphatic rings. The number of aliphatic hydroxyl groups is 1. The van der Waals surface area contributed by atoms with Crippen molar-refractivity contribution in [2.75, 3.05) is 6.61 Å². The third-order valence-corrected chi connectivity index (χ3v) is 7.80. The van der Waals surface area contributed by atoms with Gasteiger partial charge in [0.1, 0.15) is 23.6 Å². The zero-order valence-electron chi connectivity index (χ0n) is 21.3. The number of hydrogen-bond donors (Lipinski definition) is 2. The van der Waals surface area contributed by atoms with Gasteiger partial charge < -0.3 is 18.9 Å². The lowest BCUT2D eigenvalue weighted by atomic mass is 10.0. The number of aliphatic hydroxyl groups excluding tert-OH is 1. The molecular weight excluding hydrogens is 497 g/mol. The van der Waals surface area contributed by atoms with Gasteiger partial charge in [0.15, 0.2) is 5.65 Å². The van der Waals surface area contributed by atoms with Crippen LogP contribution < -0.4 is 9.61 Å². The van der Waals surface area contributed by atoms with Crippen LogP contribution in [-0.2, 0) is 18.6 Å². The van der Waals surface area contributed by atoms with Crippen molar-refractivity contribution >= 4 is 24.9 Å². The van der Waals surface area contributed by atoms with Gasteiger partial charge >= 0.3 is 13.7 Å². The Kier molecular flexibility index (Phi) is 8.08. The first-order chi connectivity index (χ1) is 17.6. The Labute approximate surface area is 215 Å². The maximum absolute atomic E-state index is 13.8. The van der Waals surface area contributed by atoms with Crippen LogP contribution in [0.5, 0.6) is 5.75 Å². The molecule has 11 nitrogen and oxygen atoms in total. The van der Waals surface area contributed by atoms with E-state index in [0.29, 0.717) is 28.9 Å². The molecule has 198 valence electrons. The highest BCUT2D eigenvalue weighted by Gasteiger charge is 2.41. The fourth-order valence-electron chi connectivity index (χ4n) is 4.26. The van der Waals surface area contributed by atoms with Crippen LogP contribution in [0.3, 0.4) is 0 Å². The highest BCUT2D eigenvalue weighted by Crippen LogP contribution is 2.48. The van der Waals surface area contributed by atoms with Gasteiger partial charge in [-0.2, -0.15) is 5.09 Å². The topological polar surface area (TPSA) is 138 Å². The Morgan fingerprint density at radius 2 is 1.97 bits per heavy atom. The molecule has 12 heteroatoms. The zero-order chi connectivity index (χ0) is 26.7. The average Bonchev–Trinajstić information content (AvgIpc) is 3.39. The molecule has 5 atom stereocenters. The molecule has 0 amide bonds. The number of aryl methyl sites for hydroxylation is 1. The smallest absolute Gasteiger partial charge is 0.459 e. The maximum atomic E-state index is 13.8. The van der Waals surface area contributed by atoms with Crippen LogP contribution in [0.15, 0.2) is 55.1 Å². The summed E-state index contributed by atoms with van der Waals surface area (Å²) in [5, 5.41) is 13.5. The molecule has 0 bridgehead atoms. The van der Waals surface area contributed by atoms with Crippen LogP contribution in [0.1, 0.15) is 38.9 Å². The number of nitrogens with zero attached hydrogens (tertiary/aromatic N) is 4. The predicted octanol–water partition coefficient (Wildman–Crippen LogP) is 3.75. The summed E-state index contributed by atoms with van der Waals surface area (Å²) in [7, 11) is -4.07. The summed E-state index contributed by atoms with van der Waals surface area (Å²) in [6, 6.07) is 7.24. The van der Waals surface area contributed by atoms with Gasteiger partial charge in [0.05, 0.1) is 36.9 Å². The number of carbonyl (C=O) groups is 1. The van der Waals surface area contributed by atoms with E-state index in [1.54, 1.807) is 50.5 Å². The Morgan fingerprint density at radius 1 is 1.24 bits per heavy atom. The summed E-state index contributed by atoms with van der Waals surface area (Å²) in [5.74, 6) is -0.839. The van der Waals surface area contributed by atoms with Crippen LogP contribution in [-0.4, -0.2) is 55.5 Å². The minimum Gasteiger partial charge on any atom is -0.462 e. The Morgan fingerprint density at radius 3 is 2.68 bits per heavy atom. The van der Waals surface area contributed by atoms with E-state index in [0.717, 1.165) is 5.69 Å². The number of esters is 1. The van der Waals surface area contributed by atoms with E-state index in [9.17, 15) is 14.5 Å². The van der Waals surface area contributed by atoms with Crippen LogP contribution in [0.2, 0.25) is 0 Å². The van der Waals surface area contributed by atoms with Crippen molar-refractivity contribution < 1.29 is 28.3 Å². The lowest BCUT2D eigenvalue weighted by Crippen LogP contribution is -2.36. The number of para-hydroxylation sites is 1. The first-order valence-corrected chi connectivity index (χ1v) is 13.6. The first-order valence-electron chi connectivity index (χ1n) is 12.1. The minimum absolute atomic E-state index is 0.153. The van der Waals surface area contributed by atoms with Crippen molar-refractivity contribution in [2.24, 2.45) is 5.92 Å². The average molecular weight is 530 g/mol. The number of nitrogens with one attached hydrogen (secondary N) is 1. The molecule has 4 rings (SSSR count). The molecule has 37 heavy (non-hydrogen) atoms. The quantitative estimate of drug-likeness (QED) is 0.227. The van der Waals surface area contributed by atoms with Gasteiger partial charge in [-0.3, -0.25) is 9.32 Å². The van der Waals surface area contributed by atoms with E-state index in [1.807, 2.05) is 11.5 Å². The van der Waals surface area contributed by atoms with Crippen molar-refractivity contribution in [3.05, 3.63) is 60.8 Å². The first kappa shape index (κ1) is 26.9. The fourth-order valence-corrected chi connectivity index (χ4v) is 5.77. The van der Waals surface area contributed by atoms with Crippen molar-refractivity contribution in [2.45, 2.75) is 58.4 Å². The standard InChI is InChI=1S/C25H32N5O6P/c1-15(2)35-25(32)18(5)29-37(33,36-19-9-7-6-8-10-19)34-12-20-16(3)21(11-22(20)31)30-14-28-23-17(4)26-13-27-24(23)30/h6-10,13-15,18,20-22,31H,3,11-12H2,1-2,4-5H3,(H,29,33)/t18?,20-,21-,22-,37?/m0/s1. The van der Waals surface area contributed by atoms with Crippen LogP contribution in [0, 0.1) is 12.8 Å². The molecule has 0 aliphatic heterocycles. The number of carbonyl (C=O) groups excluding carboxylic acids is 1. The Hall–Kier alpha value is -3.11. The summed E-state index contributed by atoms with van der Waals surface area (Å²) >= 11 is 0. The molecule has 1 saturated carbocycles. The highest BCUT2D eigenvalue weighted by molar-refractivity contribution is 7.52. The second-order valence-corrected chi connectivity index (χ2v) is 11.0. The van der Waals surface area contributed by atoms with Gasteiger partial charge in [0.2, 0.25) is 0 Å². The molecule has 2 heterocycles. The second-order valence-electron chi connectivity index (χ2n) is 9.32. The van der Waals surface area contributed by atoms with Crippen LogP contribution in [0.4, 0.5) is 0 Å². The van der Waals surface area contributed by atoms with Crippen molar-refractivity contribution in [3.63, 3.8) is 0 Å². The molecule has 1 aliphatic carbocycles. The normalized spacial score (nSPS) is 22.2. The lowest BCUT2D eigenvalue weighted by Gasteiger charge is -2.25. The summed E-state index contributed by atoms with van der Waals surface area (Å²) in [6.45, 7) is 10.9. The summed E-state index contributed by atoms with van der Waals surface area (Å²) < 4.78 is 32.3. The molecule has 1 aromatic carbocycles. The predicted molar refractivity (Wildman–Crippen MR) is 137 cm³/mol. The van der Waals surface area contributed by atoms with E-state index in [2.05, 4.69) is 26.6 Å². The molecule has 2 N–H and O–H groups in total. The SMILES string of the molecule is C=C1[C@H](COP(=O)(NC(C)C(=O)OC(C)C)Oc2ccccc2)[C@@H](O)C[C@@H]1n1cnc2c(C)ncnc21. The number of ether oxygens (including phenoxy) is 1. The third kappa shape index (κ3) is 6.07. The number of fused-ring (bicyclic) bond motifs is 1. The maximum Gasteiger partial charge on any atom is 0.459 e. The molecule has 3 aromatic rings. The molecule has 0 spiro atoms. The number of benzene rings is 1. The summed E-state index contributed by atoms with van der Waals surface area (Å²) in [5.41, 5.74) is 2.76. The molecule has 1 fully saturated rings. The zero-order valence-corrected chi connectivity index (χ0v) is 22.2. The van der Waals surface area contributed by atoms with Crippen molar-refractivity contribution in [3.8, 4) is 5.75 Å². The van der Waals surface area contributed by atoms with Crippen LogP contribution in [0.25, 0.3) is 11.2 Å². The van der Waals surface area contributed by atoms with Gasteiger partial charge in [-0.05, 0) is 51.8 Å². The van der Waals surface area contributed by atoms with Gasteiger partial charge in [0.25, 0.3) is 0 Å². The number of hydrogen-bond acceptors (Lipinski definition) is 9. The van der Waals surface area contributed by atoms with Crippen molar-refractivity contribution in [1.82, 2.24) is 24.6 Å². The minimum atomic E-state index is -4.07. The Balaban J connectivity index is 1.51. The summed E-state index contributed by atoms with van der Waals surface area (Å²) in [4.78, 5) is 25.3. The van der Waals surface area contributed by atoms with E-state index in [-0.39, 0.29) is 18.8 Å². The van der Waals surface area contributed by atoms with E-state index < -0.39 is 31.8 Å². The number of imidazole rings is 1. The third-order valence-electron chi connectivity index (χ3n) is 6.16. The molecule has 0 radical (unpaired) electrons. The largest absolute Gasteiger partial charge is 0.462 e. The second kappa shape index (κ2) is 11.1. The van der Waals surface area contributed by atoms with Crippen molar-refractivity contribution in [1.29, 1.82) is 0 Å². The number of rotatable bonds is 10. The van der Waals surface area contributed by atoms with Gasteiger partial charge in [-0.1, -0.05) is 24.8 Å². The molecular formula is C25H32N5O6P. The van der Waals surface area contributed by atoms with E-state index in [4.69, 9.17) is 13.8 Å². The van der Waals surface area contributed by atoms with E-state index >= 15 is 0 Å². The lowest BCUT2D eigenvalue weighted by molar-refractivity contribution is -0.149. The molecule has 0 saturated heterocycles. The fraction of sp³-hybridized carbons (Fsp3) is 0.440.